The third-order valence-electron chi connectivity index (χ3n) is 3.22. The number of hydrogen-bond acceptors (Lipinski definition) is 4. The highest BCUT2D eigenvalue weighted by Crippen LogP contribution is 2.36. The van der Waals surface area contributed by atoms with Crippen molar-refractivity contribution in [2.45, 2.75) is 0 Å². The topological polar surface area (TPSA) is 85.6 Å². The lowest BCUT2D eigenvalue weighted by Crippen LogP contribution is -2.20. The van der Waals surface area contributed by atoms with Gasteiger partial charge in [-0.25, -0.2) is 0 Å². The van der Waals surface area contributed by atoms with Gasteiger partial charge in [0.15, 0.2) is 5.11 Å². The number of anilines is 2. The molecule has 25 heavy (non-hydrogen) atoms. The molecule has 0 saturated heterocycles. The first-order valence-electron chi connectivity index (χ1n) is 6.94. The molecule has 0 spiro atoms. The number of ether oxygens (including phenoxy) is 2. The van der Waals surface area contributed by atoms with Crippen LogP contribution in [0.1, 0.15) is 10.4 Å². The number of amides is 1. The fourth-order valence-electron chi connectivity index (χ4n) is 2.00. The number of carbonyl (C=O) groups excluding carboxylic acids is 1. The molecule has 6 nitrogen and oxygen atoms in total. The molecule has 0 atom stereocenters. The summed E-state index contributed by atoms with van der Waals surface area (Å²) in [5.74, 6) is 0.417. The normalized spacial score (nSPS) is 10.1. The van der Waals surface area contributed by atoms with E-state index in [1.165, 1.54) is 20.3 Å². The van der Waals surface area contributed by atoms with Crippen LogP contribution in [-0.2, 0) is 0 Å². The van der Waals surface area contributed by atoms with E-state index in [0.29, 0.717) is 38.5 Å². The summed E-state index contributed by atoms with van der Waals surface area (Å²) in [4.78, 5) is 11.2. The van der Waals surface area contributed by atoms with Gasteiger partial charge in [0.1, 0.15) is 11.5 Å². The number of hydrogen-bond donors (Lipinski definition) is 3. The third-order valence-corrected chi connectivity index (χ3v) is 4.04. The Hall–Kier alpha value is -2.22. The Morgan fingerprint density at radius 3 is 2.20 bits per heavy atom. The average molecular weight is 400 g/mol. The first-order valence-corrected chi connectivity index (χ1v) is 8.11. The molecule has 0 fully saturated rings. The van der Waals surface area contributed by atoms with Gasteiger partial charge in [0.2, 0.25) is 5.91 Å². The highest BCUT2D eigenvalue weighted by molar-refractivity contribution is 7.80. The van der Waals surface area contributed by atoms with E-state index >= 15 is 0 Å². The van der Waals surface area contributed by atoms with Crippen LogP contribution in [0.15, 0.2) is 30.3 Å². The molecule has 9 heteroatoms. The van der Waals surface area contributed by atoms with Crippen molar-refractivity contribution in [3.8, 4) is 11.5 Å². The molecule has 0 aliphatic rings. The van der Waals surface area contributed by atoms with Crippen LogP contribution >= 0.6 is 35.4 Å². The summed E-state index contributed by atoms with van der Waals surface area (Å²) in [7, 11) is 3.03. The first kappa shape index (κ1) is 19.1. The number of rotatable bonds is 5. The monoisotopic (exact) mass is 399 g/mol. The van der Waals surface area contributed by atoms with Gasteiger partial charge in [-0.1, -0.05) is 23.2 Å². The molecule has 0 heterocycles. The minimum Gasteiger partial charge on any atom is -0.495 e. The second kappa shape index (κ2) is 8.24. The maximum absolute atomic E-state index is 11.2. The molecule has 0 radical (unpaired) electrons. The molecule has 2 aromatic carbocycles. The number of carbonyl (C=O) groups is 1. The molecule has 0 bridgehead atoms. The number of methoxy groups -OCH3 is 2. The standard InChI is InChI=1S/C16H15Cl2N3O3S/c1-23-13-7-14(24-2)12(6-10(13)18)21-16(25)20-11-4-3-8(15(19)22)5-9(11)17/h3-7H,1-2H3,(H2,19,22)(H2,20,21,25). The van der Waals surface area contributed by atoms with E-state index in [4.69, 9.17) is 50.6 Å². The van der Waals surface area contributed by atoms with E-state index in [0.717, 1.165) is 0 Å². The fraction of sp³-hybridized carbons (Fsp3) is 0.125. The van der Waals surface area contributed by atoms with Crippen molar-refractivity contribution in [3.63, 3.8) is 0 Å². The van der Waals surface area contributed by atoms with E-state index in [2.05, 4.69) is 10.6 Å². The minimum atomic E-state index is -0.563. The van der Waals surface area contributed by atoms with Crippen LogP contribution in [0, 0.1) is 0 Å². The molecule has 0 aromatic heterocycles. The molecule has 132 valence electrons. The van der Waals surface area contributed by atoms with Crippen molar-refractivity contribution in [2.24, 2.45) is 5.73 Å². The number of primary amides is 1. The van der Waals surface area contributed by atoms with E-state index in [1.807, 2.05) is 0 Å². The number of nitrogens with one attached hydrogen (secondary N) is 2. The first-order chi connectivity index (χ1) is 11.8. The van der Waals surface area contributed by atoms with Crippen molar-refractivity contribution in [1.29, 1.82) is 0 Å². The number of nitrogens with two attached hydrogens (primary N) is 1. The van der Waals surface area contributed by atoms with Gasteiger partial charge < -0.3 is 25.8 Å². The van der Waals surface area contributed by atoms with Gasteiger partial charge in [0.05, 0.1) is 35.6 Å². The van der Waals surface area contributed by atoms with Crippen molar-refractivity contribution in [2.75, 3.05) is 24.9 Å². The molecule has 0 aliphatic heterocycles. The largest absolute Gasteiger partial charge is 0.495 e. The summed E-state index contributed by atoms with van der Waals surface area (Å²) < 4.78 is 10.4. The Bertz CT molecular complexity index is 831. The summed E-state index contributed by atoms with van der Waals surface area (Å²) in [6.45, 7) is 0. The zero-order valence-electron chi connectivity index (χ0n) is 13.4. The molecule has 2 aromatic rings. The van der Waals surface area contributed by atoms with Crippen molar-refractivity contribution in [3.05, 3.63) is 45.9 Å². The van der Waals surface area contributed by atoms with Gasteiger partial charge >= 0.3 is 0 Å². The maximum Gasteiger partial charge on any atom is 0.248 e. The van der Waals surface area contributed by atoms with Gasteiger partial charge in [-0.3, -0.25) is 4.79 Å². The number of thiocarbonyl (C=S) groups is 1. The molecular formula is C16H15Cl2N3O3S. The van der Waals surface area contributed by atoms with Crippen LogP contribution in [0.5, 0.6) is 11.5 Å². The smallest absolute Gasteiger partial charge is 0.248 e. The fourth-order valence-corrected chi connectivity index (χ4v) is 2.69. The Morgan fingerprint density at radius 1 is 1.00 bits per heavy atom. The minimum absolute atomic E-state index is 0.258. The van der Waals surface area contributed by atoms with Crippen LogP contribution < -0.4 is 25.8 Å². The summed E-state index contributed by atoms with van der Waals surface area (Å²) in [5, 5.41) is 6.87. The lowest BCUT2D eigenvalue weighted by Gasteiger charge is -2.16. The van der Waals surface area contributed by atoms with Crippen molar-refractivity contribution < 1.29 is 14.3 Å². The highest BCUT2D eigenvalue weighted by Gasteiger charge is 2.12. The quantitative estimate of drug-likeness (QED) is 0.660. The molecule has 0 unspecified atom stereocenters. The number of benzene rings is 2. The molecule has 0 aliphatic carbocycles. The van der Waals surface area contributed by atoms with Gasteiger partial charge in [0.25, 0.3) is 0 Å². The van der Waals surface area contributed by atoms with Crippen LogP contribution in [0.4, 0.5) is 11.4 Å². The molecular weight excluding hydrogens is 385 g/mol. The number of halogens is 2. The SMILES string of the molecule is COc1cc(OC)c(NC(=S)Nc2ccc(C(N)=O)cc2Cl)cc1Cl. The highest BCUT2D eigenvalue weighted by atomic mass is 35.5. The van der Waals surface area contributed by atoms with Gasteiger partial charge in [-0.05, 0) is 36.5 Å². The van der Waals surface area contributed by atoms with E-state index in [9.17, 15) is 4.79 Å². The van der Waals surface area contributed by atoms with Gasteiger partial charge in [0, 0.05) is 11.6 Å². The zero-order chi connectivity index (χ0) is 18.6. The van der Waals surface area contributed by atoms with Crippen LogP contribution in [0.3, 0.4) is 0 Å². The van der Waals surface area contributed by atoms with Crippen molar-refractivity contribution >= 4 is 57.8 Å². The molecule has 1 amide bonds. The Kier molecular flexibility index (Phi) is 6.30. The third kappa shape index (κ3) is 4.66. The zero-order valence-corrected chi connectivity index (χ0v) is 15.7. The van der Waals surface area contributed by atoms with Crippen LogP contribution in [0.25, 0.3) is 0 Å². The maximum atomic E-state index is 11.2. The Morgan fingerprint density at radius 2 is 1.64 bits per heavy atom. The summed E-state index contributed by atoms with van der Waals surface area (Å²) in [6.07, 6.45) is 0. The molecule has 4 N–H and O–H groups in total. The van der Waals surface area contributed by atoms with E-state index in [1.54, 1.807) is 24.3 Å². The molecule has 0 saturated carbocycles. The van der Waals surface area contributed by atoms with Crippen LogP contribution in [-0.4, -0.2) is 25.2 Å². The van der Waals surface area contributed by atoms with Gasteiger partial charge in [-0.2, -0.15) is 0 Å². The Labute approximate surface area is 160 Å². The Balaban J connectivity index is 2.18. The summed E-state index contributed by atoms with van der Waals surface area (Å²) >= 11 is 17.5. The lowest BCUT2D eigenvalue weighted by atomic mass is 10.2. The lowest BCUT2D eigenvalue weighted by molar-refractivity contribution is 0.100. The van der Waals surface area contributed by atoms with E-state index < -0.39 is 5.91 Å². The van der Waals surface area contributed by atoms with E-state index in [-0.39, 0.29) is 5.11 Å². The predicted molar refractivity (Wildman–Crippen MR) is 104 cm³/mol. The van der Waals surface area contributed by atoms with Crippen LogP contribution in [0.2, 0.25) is 10.0 Å². The molecule has 2 rings (SSSR count). The van der Waals surface area contributed by atoms with Crippen molar-refractivity contribution in [1.82, 2.24) is 0 Å². The summed E-state index contributed by atoms with van der Waals surface area (Å²) in [5.41, 5.74) is 6.58. The average Bonchev–Trinajstić information content (AvgIpc) is 2.56. The second-order valence-electron chi connectivity index (χ2n) is 4.83. The van der Waals surface area contributed by atoms with Gasteiger partial charge in [-0.15, -0.1) is 0 Å². The second-order valence-corrected chi connectivity index (χ2v) is 6.05. The predicted octanol–water partition coefficient (Wildman–Crippen LogP) is 3.92. The summed E-state index contributed by atoms with van der Waals surface area (Å²) in [6, 6.07) is 7.88.